The second-order valence-electron chi connectivity index (χ2n) is 6.00. The molecule has 2 fully saturated rings. The molecule has 0 aromatic carbocycles. The summed E-state index contributed by atoms with van der Waals surface area (Å²) in [5.74, 6) is 0.839. The van der Waals surface area contributed by atoms with Crippen LogP contribution in [0.3, 0.4) is 0 Å². The van der Waals surface area contributed by atoms with Gasteiger partial charge in [-0.25, -0.2) is 13.1 Å². The Kier molecular flexibility index (Phi) is 7.39. The van der Waals surface area contributed by atoms with Gasteiger partial charge in [0.25, 0.3) is 0 Å². The number of morpholine rings is 1. The first kappa shape index (κ1) is 17.1. The molecule has 6 nitrogen and oxygen atoms in total. The van der Waals surface area contributed by atoms with Crippen LogP contribution in [0.15, 0.2) is 0 Å². The van der Waals surface area contributed by atoms with Crippen molar-refractivity contribution in [2.75, 3.05) is 58.2 Å². The van der Waals surface area contributed by atoms with Crippen LogP contribution in [0.5, 0.6) is 0 Å². The Morgan fingerprint density at radius 2 is 1.90 bits per heavy atom. The fourth-order valence-electron chi connectivity index (χ4n) is 2.92. The maximum Gasteiger partial charge on any atom is 0.211 e. The molecule has 2 aliphatic rings. The lowest BCUT2D eigenvalue weighted by Crippen LogP contribution is -2.38. The number of ether oxygens (including phenoxy) is 1. The summed E-state index contributed by atoms with van der Waals surface area (Å²) >= 11 is 0. The Morgan fingerprint density at radius 3 is 2.62 bits per heavy atom. The Morgan fingerprint density at radius 1 is 1.19 bits per heavy atom. The zero-order valence-corrected chi connectivity index (χ0v) is 13.7. The van der Waals surface area contributed by atoms with Crippen LogP contribution in [-0.4, -0.2) is 71.6 Å². The van der Waals surface area contributed by atoms with Crippen LogP contribution in [-0.2, 0) is 14.8 Å². The first-order valence-corrected chi connectivity index (χ1v) is 9.79. The Labute approximate surface area is 128 Å². The highest BCUT2D eigenvalue weighted by atomic mass is 32.2. The van der Waals surface area contributed by atoms with Crippen molar-refractivity contribution < 1.29 is 13.2 Å². The summed E-state index contributed by atoms with van der Waals surface area (Å²) in [7, 11) is -3.10. The van der Waals surface area contributed by atoms with E-state index in [0.717, 1.165) is 71.6 Å². The molecule has 2 heterocycles. The van der Waals surface area contributed by atoms with Gasteiger partial charge >= 0.3 is 0 Å². The highest BCUT2D eigenvalue weighted by Gasteiger charge is 2.17. The summed E-state index contributed by atoms with van der Waals surface area (Å²) < 4.78 is 32.0. The summed E-state index contributed by atoms with van der Waals surface area (Å²) in [6.07, 6.45) is 3.87. The van der Waals surface area contributed by atoms with E-state index in [-0.39, 0.29) is 5.75 Å². The van der Waals surface area contributed by atoms with Gasteiger partial charge in [0, 0.05) is 19.6 Å². The van der Waals surface area contributed by atoms with Gasteiger partial charge < -0.3 is 10.1 Å². The van der Waals surface area contributed by atoms with Crippen LogP contribution in [0.1, 0.15) is 25.7 Å². The molecule has 0 bridgehead atoms. The summed E-state index contributed by atoms with van der Waals surface area (Å²) in [5.41, 5.74) is 0. The van der Waals surface area contributed by atoms with Crippen LogP contribution < -0.4 is 10.0 Å². The fraction of sp³-hybridized carbons (Fsp3) is 1.00. The van der Waals surface area contributed by atoms with Gasteiger partial charge in [0.2, 0.25) is 10.0 Å². The van der Waals surface area contributed by atoms with Gasteiger partial charge in [0.1, 0.15) is 0 Å². The number of sulfonamides is 1. The molecular formula is C14H29N3O3S. The Bertz CT molecular complexity index is 377. The predicted octanol–water partition coefficient (Wildman–Crippen LogP) is 0.0178. The first-order valence-electron chi connectivity index (χ1n) is 8.14. The van der Waals surface area contributed by atoms with Gasteiger partial charge in [-0.1, -0.05) is 0 Å². The molecule has 2 saturated heterocycles. The van der Waals surface area contributed by atoms with E-state index < -0.39 is 10.0 Å². The second-order valence-corrected chi connectivity index (χ2v) is 7.93. The number of rotatable bonds is 8. The van der Waals surface area contributed by atoms with Crippen molar-refractivity contribution in [3.8, 4) is 0 Å². The maximum atomic E-state index is 12.0. The number of nitrogens with one attached hydrogen (secondary N) is 2. The van der Waals surface area contributed by atoms with Gasteiger partial charge in [-0.2, -0.15) is 0 Å². The third-order valence-corrected chi connectivity index (χ3v) is 5.75. The van der Waals surface area contributed by atoms with E-state index in [1.807, 2.05) is 0 Å². The third kappa shape index (κ3) is 7.06. The minimum atomic E-state index is -3.10. The minimum Gasteiger partial charge on any atom is -0.379 e. The monoisotopic (exact) mass is 319 g/mol. The lowest BCUT2D eigenvalue weighted by atomic mass is 9.96. The van der Waals surface area contributed by atoms with Gasteiger partial charge in [-0.15, -0.1) is 0 Å². The van der Waals surface area contributed by atoms with Crippen LogP contribution in [0.2, 0.25) is 0 Å². The van der Waals surface area contributed by atoms with Crippen molar-refractivity contribution in [1.29, 1.82) is 0 Å². The van der Waals surface area contributed by atoms with Gasteiger partial charge in [0.05, 0.1) is 19.0 Å². The molecule has 0 unspecified atom stereocenters. The Hall–Kier alpha value is -0.210. The quantitative estimate of drug-likeness (QED) is 0.617. The summed E-state index contributed by atoms with van der Waals surface area (Å²) in [4.78, 5) is 2.33. The summed E-state index contributed by atoms with van der Waals surface area (Å²) in [6, 6.07) is 0. The van der Waals surface area contributed by atoms with E-state index in [9.17, 15) is 8.42 Å². The SMILES string of the molecule is O=S(=O)(CCC1CCNCC1)NCCCN1CCOCC1. The topological polar surface area (TPSA) is 70.7 Å². The smallest absolute Gasteiger partial charge is 0.211 e. The van der Waals surface area contributed by atoms with Gasteiger partial charge in [0.15, 0.2) is 0 Å². The van der Waals surface area contributed by atoms with E-state index in [4.69, 9.17) is 4.74 Å². The number of hydrogen-bond donors (Lipinski definition) is 2. The molecule has 0 saturated carbocycles. The van der Waals surface area contributed by atoms with Crippen molar-refractivity contribution in [2.45, 2.75) is 25.7 Å². The highest BCUT2D eigenvalue weighted by Crippen LogP contribution is 2.16. The summed E-state index contributed by atoms with van der Waals surface area (Å²) in [5, 5.41) is 3.31. The number of hydrogen-bond acceptors (Lipinski definition) is 5. The van der Waals surface area contributed by atoms with E-state index >= 15 is 0 Å². The molecule has 21 heavy (non-hydrogen) atoms. The molecule has 0 aliphatic carbocycles. The van der Waals surface area contributed by atoms with E-state index in [1.54, 1.807) is 0 Å². The second kappa shape index (κ2) is 9.05. The first-order chi connectivity index (χ1) is 10.2. The largest absolute Gasteiger partial charge is 0.379 e. The van der Waals surface area contributed by atoms with Crippen LogP contribution >= 0.6 is 0 Å². The minimum absolute atomic E-state index is 0.273. The van der Waals surface area contributed by atoms with Crippen molar-refractivity contribution in [3.63, 3.8) is 0 Å². The van der Waals surface area contributed by atoms with Gasteiger partial charge in [-0.05, 0) is 51.2 Å². The number of nitrogens with zero attached hydrogens (tertiary/aromatic N) is 1. The average Bonchev–Trinajstić information content (AvgIpc) is 2.52. The fourth-order valence-corrected chi connectivity index (χ4v) is 4.16. The molecular weight excluding hydrogens is 290 g/mol. The lowest BCUT2D eigenvalue weighted by Gasteiger charge is -2.26. The van der Waals surface area contributed by atoms with Crippen molar-refractivity contribution in [2.24, 2.45) is 5.92 Å². The number of piperidine rings is 1. The standard InChI is InChI=1S/C14H29N3O3S/c18-21(19,13-4-14-2-6-15-7-3-14)16-5-1-8-17-9-11-20-12-10-17/h14-16H,1-13H2. The van der Waals surface area contributed by atoms with Crippen molar-refractivity contribution in [3.05, 3.63) is 0 Å². The van der Waals surface area contributed by atoms with E-state index in [1.165, 1.54) is 0 Å². The van der Waals surface area contributed by atoms with Crippen LogP contribution in [0, 0.1) is 5.92 Å². The normalized spacial score (nSPS) is 22.5. The van der Waals surface area contributed by atoms with Crippen LogP contribution in [0.4, 0.5) is 0 Å². The maximum absolute atomic E-state index is 12.0. The molecule has 0 aromatic rings. The molecule has 2 aliphatic heterocycles. The molecule has 124 valence electrons. The predicted molar refractivity (Wildman–Crippen MR) is 83.9 cm³/mol. The van der Waals surface area contributed by atoms with Crippen molar-refractivity contribution in [1.82, 2.24) is 14.9 Å². The van der Waals surface area contributed by atoms with Crippen LogP contribution in [0.25, 0.3) is 0 Å². The molecule has 7 heteroatoms. The molecule has 0 atom stereocenters. The zero-order chi connectivity index (χ0) is 15.0. The van der Waals surface area contributed by atoms with Gasteiger partial charge in [-0.3, -0.25) is 4.90 Å². The molecule has 2 N–H and O–H groups in total. The molecule has 0 radical (unpaired) electrons. The van der Waals surface area contributed by atoms with Crippen molar-refractivity contribution >= 4 is 10.0 Å². The third-order valence-electron chi connectivity index (χ3n) is 4.33. The van der Waals surface area contributed by atoms with E-state index in [2.05, 4.69) is 14.9 Å². The zero-order valence-electron chi connectivity index (χ0n) is 12.8. The highest BCUT2D eigenvalue weighted by molar-refractivity contribution is 7.89. The summed E-state index contributed by atoms with van der Waals surface area (Å²) in [6.45, 7) is 7.05. The van der Waals surface area contributed by atoms with E-state index in [0.29, 0.717) is 12.5 Å². The molecule has 0 aromatic heterocycles. The molecule has 2 rings (SSSR count). The molecule has 0 spiro atoms. The molecule has 0 amide bonds. The lowest BCUT2D eigenvalue weighted by molar-refractivity contribution is 0.0376. The Balaban J connectivity index is 1.55. The average molecular weight is 319 g/mol.